The van der Waals surface area contributed by atoms with Crippen molar-refractivity contribution >= 4 is 5.91 Å². The summed E-state index contributed by atoms with van der Waals surface area (Å²) in [6.07, 6.45) is 5.21. The third-order valence-electron chi connectivity index (χ3n) is 5.26. The van der Waals surface area contributed by atoms with E-state index >= 15 is 0 Å². The summed E-state index contributed by atoms with van der Waals surface area (Å²) in [5.41, 5.74) is 2.54. The van der Waals surface area contributed by atoms with E-state index in [1.165, 1.54) is 49.9 Å². The minimum absolute atomic E-state index is 0.0248. The lowest BCUT2D eigenvalue weighted by Gasteiger charge is -2.29. The number of nitrogens with zero attached hydrogens (tertiary/aromatic N) is 1. The van der Waals surface area contributed by atoms with E-state index in [1.807, 2.05) is 6.92 Å². The average Bonchev–Trinajstić information content (AvgIpc) is 2.90. The van der Waals surface area contributed by atoms with Gasteiger partial charge in [0.05, 0.1) is 12.7 Å². The molecule has 25 heavy (non-hydrogen) atoms. The summed E-state index contributed by atoms with van der Waals surface area (Å²) < 4.78 is 5.57. The van der Waals surface area contributed by atoms with Crippen LogP contribution in [0.4, 0.5) is 0 Å². The Morgan fingerprint density at radius 3 is 2.64 bits per heavy atom. The van der Waals surface area contributed by atoms with E-state index in [-0.39, 0.29) is 18.1 Å². The van der Waals surface area contributed by atoms with Crippen LogP contribution in [0.5, 0.6) is 0 Å². The Balaban J connectivity index is 1.57. The summed E-state index contributed by atoms with van der Waals surface area (Å²) in [7, 11) is 0. The van der Waals surface area contributed by atoms with Gasteiger partial charge >= 0.3 is 0 Å². The van der Waals surface area contributed by atoms with Crippen LogP contribution >= 0.6 is 0 Å². The number of ether oxygens (including phenoxy) is 1. The lowest BCUT2D eigenvalue weighted by atomic mass is 10.1. The summed E-state index contributed by atoms with van der Waals surface area (Å²) >= 11 is 0. The van der Waals surface area contributed by atoms with Gasteiger partial charge in [-0.05, 0) is 44.0 Å². The fourth-order valence-corrected chi connectivity index (χ4v) is 3.74. The molecule has 0 radical (unpaired) electrons. The Hall–Kier alpha value is -1.43. The Bertz CT molecular complexity index is 556. The normalized spacial score (nSPS) is 25.3. The number of morpholine rings is 1. The highest BCUT2D eigenvalue weighted by molar-refractivity contribution is 5.82. The number of rotatable bonds is 5. The zero-order valence-corrected chi connectivity index (χ0v) is 15.3. The maximum Gasteiger partial charge on any atom is 0.240 e. The summed E-state index contributed by atoms with van der Waals surface area (Å²) in [6.45, 7) is 7.27. The van der Waals surface area contributed by atoms with Crippen LogP contribution in [0.1, 0.15) is 43.7 Å². The first-order valence-electron chi connectivity index (χ1n) is 9.66. The van der Waals surface area contributed by atoms with Crippen molar-refractivity contribution in [2.45, 2.75) is 57.8 Å². The number of benzene rings is 1. The molecule has 0 aliphatic carbocycles. The minimum Gasteiger partial charge on any atom is -0.375 e. The van der Waals surface area contributed by atoms with E-state index in [0.29, 0.717) is 13.2 Å². The molecule has 1 amide bonds. The van der Waals surface area contributed by atoms with Gasteiger partial charge in [-0.3, -0.25) is 9.69 Å². The fraction of sp³-hybridized carbons (Fsp3) is 0.650. The molecule has 0 bridgehead atoms. The van der Waals surface area contributed by atoms with Gasteiger partial charge in [-0.25, -0.2) is 0 Å². The highest BCUT2D eigenvalue weighted by Gasteiger charge is 2.28. The van der Waals surface area contributed by atoms with E-state index < -0.39 is 0 Å². The predicted octanol–water partition coefficient (Wildman–Crippen LogP) is 2.06. The van der Waals surface area contributed by atoms with Gasteiger partial charge in [-0.1, -0.05) is 37.1 Å². The first-order chi connectivity index (χ1) is 12.2. The van der Waals surface area contributed by atoms with Crippen molar-refractivity contribution in [3.05, 3.63) is 35.4 Å². The number of carbonyl (C=O) groups excluding carboxylic acids is 1. The van der Waals surface area contributed by atoms with Crippen LogP contribution in [-0.4, -0.2) is 49.2 Å². The molecule has 0 unspecified atom stereocenters. The van der Waals surface area contributed by atoms with Crippen LogP contribution in [0.2, 0.25) is 0 Å². The van der Waals surface area contributed by atoms with Crippen LogP contribution in [0.15, 0.2) is 24.3 Å². The van der Waals surface area contributed by atoms with Crippen molar-refractivity contribution in [2.75, 3.05) is 26.2 Å². The number of carbonyl (C=O) groups is 1. The van der Waals surface area contributed by atoms with Crippen molar-refractivity contribution in [1.29, 1.82) is 0 Å². The predicted molar refractivity (Wildman–Crippen MR) is 99.2 cm³/mol. The van der Waals surface area contributed by atoms with Gasteiger partial charge in [-0.2, -0.15) is 0 Å². The van der Waals surface area contributed by atoms with Crippen molar-refractivity contribution in [1.82, 2.24) is 15.5 Å². The maximum atomic E-state index is 12.5. The zero-order valence-electron chi connectivity index (χ0n) is 15.3. The topological polar surface area (TPSA) is 53.6 Å². The van der Waals surface area contributed by atoms with Crippen molar-refractivity contribution in [2.24, 2.45) is 0 Å². The SMILES string of the molecule is C[C@H]1OCCN[C@@H]1C(=O)NCc1ccccc1CN1CCCCCC1. The van der Waals surface area contributed by atoms with E-state index in [9.17, 15) is 4.79 Å². The molecular formula is C20H31N3O2. The number of hydrogen-bond donors (Lipinski definition) is 2. The van der Waals surface area contributed by atoms with Crippen LogP contribution in [0.25, 0.3) is 0 Å². The summed E-state index contributed by atoms with van der Waals surface area (Å²) in [4.78, 5) is 15.0. The summed E-state index contributed by atoms with van der Waals surface area (Å²) in [6, 6.07) is 8.21. The number of nitrogens with one attached hydrogen (secondary N) is 2. The lowest BCUT2D eigenvalue weighted by molar-refractivity contribution is -0.129. The molecule has 2 aliphatic rings. The zero-order chi connectivity index (χ0) is 17.5. The fourth-order valence-electron chi connectivity index (χ4n) is 3.74. The molecule has 2 atom stereocenters. The smallest absolute Gasteiger partial charge is 0.240 e. The summed E-state index contributed by atoms with van der Waals surface area (Å²) in [5, 5.41) is 6.34. The second kappa shape index (κ2) is 9.32. The molecule has 0 aromatic heterocycles. The van der Waals surface area contributed by atoms with Gasteiger partial charge in [-0.15, -0.1) is 0 Å². The molecular weight excluding hydrogens is 314 g/mol. The molecule has 1 aromatic rings. The molecule has 2 N–H and O–H groups in total. The van der Waals surface area contributed by atoms with Gasteiger partial charge in [0.2, 0.25) is 5.91 Å². The molecule has 2 aliphatic heterocycles. The van der Waals surface area contributed by atoms with Crippen LogP contribution in [-0.2, 0) is 22.6 Å². The average molecular weight is 345 g/mol. The van der Waals surface area contributed by atoms with Crippen molar-refractivity contribution in [3.63, 3.8) is 0 Å². The molecule has 1 aromatic carbocycles. The third kappa shape index (κ3) is 5.27. The first-order valence-corrected chi connectivity index (χ1v) is 9.66. The molecule has 0 saturated carbocycles. The van der Waals surface area contributed by atoms with Gasteiger partial charge < -0.3 is 15.4 Å². The van der Waals surface area contributed by atoms with Crippen LogP contribution < -0.4 is 10.6 Å². The highest BCUT2D eigenvalue weighted by Crippen LogP contribution is 2.16. The number of amides is 1. The number of likely N-dealkylation sites (tertiary alicyclic amines) is 1. The largest absolute Gasteiger partial charge is 0.375 e. The van der Waals surface area contributed by atoms with Crippen molar-refractivity contribution < 1.29 is 9.53 Å². The molecule has 2 heterocycles. The number of hydrogen-bond acceptors (Lipinski definition) is 4. The molecule has 5 heteroatoms. The van der Waals surface area contributed by atoms with E-state index in [0.717, 1.165) is 13.1 Å². The summed E-state index contributed by atoms with van der Waals surface area (Å²) in [5.74, 6) is 0.0248. The molecule has 5 nitrogen and oxygen atoms in total. The second-order valence-corrected chi connectivity index (χ2v) is 7.18. The highest BCUT2D eigenvalue weighted by atomic mass is 16.5. The van der Waals surface area contributed by atoms with E-state index in [2.05, 4.69) is 39.8 Å². The Kier molecular flexibility index (Phi) is 6.84. The van der Waals surface area contributed by atoms with Gasteiger partial charge in [0.25, 0.3) is 0 Å². The molecule has 138 valence electrons. The third-order valence-corrected chi connectivity index (χ3v) is 5.26. The van der Waals surface area contributed by atoms with Gasteiger partial charge in [0.1, 0.15) is 6.04 Å². The van der Waals surface area contributed by atoms with E-state index in [4.69, 9.17) is 4.74 Å². The molecule has 2 saturated heterocycles. The minimum atomic E-state index is -0.258. The molecule has 3 rings (SSSR count). The molecule has 2 fully saturated rings. The van der Waals surface area contributed by atoms with Crippen molar-refractivity contribution in [3.8, 4) is 0 Å². The second-order valence-electron chi connectivity index (χ2n) is 7.18. The standard InChI is InChI=1S/C20H31N3O2/c1-16-19(21-10-13-25-16)20(24)22-14-17-8-4-5-9-18(17)15-23-11-6-2-3-7-12-23/h4-5,8-9,16,19,21H,2-3,6-7,10-15H2,1H3,(H,22,24)/t16-,19+/m1/s1. The quantitative estimate of drug-likeness (QED) is 0.858. The Labute approximate surface area is 151 Å². The molecule has 0 spiro atoms. The Morgan fingerprint density at radius 1 is 1.20 bits per heavy atom. The van der Waals surface area contributed by atoms with Crippen LogP contribution in [0.3, 0.4) is 0 Å². The maximum absolute atomic E-state index is 12.5. The van der Waals surface area contributed by atoms with E-state index in [1.54, 1.807) is 0 Å². The van der Waals surface area contributed by atoms with Crippen LogP contribution in [0, 0.1) is 0 Å². The van der Waals surface area contributed by atoms with Gasteiger partial charge in [0, 0.05) is 19.6 Å². The van der Waals surface area contributed by atoms with Gasteiger partial charge in [0.15, 0.2) is 0 Å². The lowest BCUT2D eigenvalue weighted by Crippen LogP contribution is -2.55. The Morgan fingerprint density at radius 2 is 1.92 bits per heavy atom. The monoisotopic (exact) mass is 345 g/mol. The first kappa shape index (κ1) is 18.4.